The van der Waals surface area contributed by atoms with Crippen LogP contribution < -0.4 is 0 Å². The van der Waals surface area contributed by atoms with Gasteiger partial charge in [-0.1, -0.05) is 11.6 Å². The molecule has 1 aromatic rings. The van der Waals surface area contributed by atoms with Crippen molar-refractivity contribution in [2.45, 2.75) is 6.18 Å². The highest BCUT2D eigenvalue weighted by Crippen LogP contribution is 2.39. The zero-order chi connectivity index (χ0) is 12.7. The summed E-state index contributed by atoms with van der Waals surface area (Å²) in [7, 11) is 0. The first kappa shape index (κ1) is 13.2. The van der Waals surface area contributed by atoms with Crippen LogP contribution in [0.3, 0.4) is 0 Å². The monoisotopic (exact) mass is 320 g/mol. The molecule has 0 aliphatic rings. The van der Waals surface area contributed by atoms with Crippen molar-refractivity contribution in [2.24, 2.45) is 0 Å². The van der Waals surface area contributed by atoms with E-state index in [1.165, 1.54) is 0 Å². The molecule has 88 valence electrons. The Bertz CT molecular complexity index is 458. The quantitative estimate of drug-likeness (QED) is 0.628. The Morgan fingerprint density at radius 3 is 2.31 bits per heavy atom. The van der Waals surface area contributed by atoms with E-state index in [0.29, 0.717) is 6.07 Å². The first-order valence-corrected chi connectivity index (χ1v) is 4.81. The van der Waals surface area contributed by atoms with Gasteiger partial charge < -0.3 is 5.11 Å². The third-order valence-corrected chi connectivity index (χ3v) is 2.67. The van der Waals surface area contributed by atoms with E-state index in [2.05, 4.69) is 15.9 Å². The highest BCUT2D eigenvalue weighted by Gasteiger charge is 2.36. The fraction of sp³-hybridized carbons (Fsp3) is 0.125. The van der Waals surface area contributed by atoms with Crippen LogP contribution in [0.25, 0.3) is 0 Å². The molecule has 0 aliphatic carbocycles. The van der Waals surface area contributed by atoms with Crippen LogP contribution in [-0.2, 0) is 6.18 Å². The number of hydrogen-bond donors (Lipinski definition) is 1. The van der Waals surface area contributed by atoms with E-state index >= 15 is 0 Å². The van der Waals surface area contributed by atoms with Gasteiger partial charge in [0.2, 0.25) is 0 Å². The minimum absolute atomic E-state index is 0.425. The normalized spacial score (nSPS) is 11.6. The van der Waals surface area contributed by atoms with Gasteiger partial charge in [0.25, 0.3) is 0 Å². The predicted octanol–water partition coefficient (Wildman–Crippen LogP) is 3.96. The molecule has 0 bridgehead atoms. The lowest BCUT2D eigenvalue weighted by Gasteiger charge is -2.12. The fourth-order valence-corrected chi connectivity index (χ4v) is 1.83. The summed E-state index contributed by atoms with van der Waals surface area (Å²) in [6, 6.07) is 0.425. The molecule has 0 heterocycles. The summed E-state index contributed by atoms with van der Waals surface area (Å²) in [5, 5.41) is 7.30. The SMILES string of the molecule is O=C(O)c1c(Br)cc(C(F)(F)F)c(Cl)c1F. The van der Waals surface area contributed by atoms with Gasteiger partial charge in [-0.2, -0.15) is 13.2 Å². The van der Waals surface area contributed by atoms with Gasteiger partial charge in [0.15, 0.2) is 5.82 Å². The number of carboxylic acid groups (broad SMARTS) is 1. The smallest absolute Gasteiger partial charge is 0.417 e. The number of hydrogen-bond acceptors (Lipinski definition) is 1. The third-order valence-electron chi connectivity index (χ3n) is 1.68. The molecule has 0 aliphatic heterocycles. The Morgan fingerprint density at radius 1 is 1.44 bits per heavy atom. The Kier molecular flexibility index (Phi) is 3.49. The molecule has 0 saturated carbocycles. The van der Waals surface area contributed by atoms with Crippen molar-refractivity contribution in [1.29, 1.82) is 0 Å². The molecule has 2 nitrogen and oxygen atoms in total. The van der Waals surface area contributed by atoms with E-state index in [-0.39, 0.29) is 0 Å². The maximum absolute atomic E-state index is 13.3. The standard InChI is InChI=1S/C8H2BrClF4O2/c9-3-1-2(8(12,13)14)5(10)6(11)4(3)7(15)16/h1H,(H,15,16). The van der Waals surface area contributed by atoms with Crippen LogP contribution in [0.5, 0.6) is 0 Å². The van der Waals surface area contributed by atoms with Gasteiger partial charge in [0.1, 0.15) is 5.56 Å². The van der Waals surface area contributed by atoms with E-state index < -0.39 is 38.6 Å². The first-order chi connectivity index (χ1) is 7.16. The van der Waals surface area contributed by atoms with Gasteiger partial charge in [-0.15, -0.1) is 0 Å². The van der Waals surface area contributed by atoms with Crippen LogP contribution in [0, 0.1) is 5.82 Å². The van der Waals surface area contributed by atoms with E-state index in [0.717, 1.165) is 0 Å². The Labute approximate surface area is 99.9 Å². The van der Waals surface area contributed by atoms with Crippen molar-refractivity contribution in [1.82, 2.24) is 0 Å². The highest BCUT2D eigenvalue weighted by atomic mass is 79.9. The van der Waals surface area contributed by atoms with Gasteiger partial charge in [0, 0.05) is 4.47 Å². The third kappa shape index (κ3) is 2.30. The lowest BCUT2D eigenvalue weighted by Crippen LogP contribution is -2.11. The van der Waals surface area contributed by atoms with E-state index in [1.807, 2.05) is 0 Å². The predicted molar refractivity (Wildman–Crippen MR) is 51.1 cm³/mol. The summed E-state index contributed by atoms with van der Waals surface area (Å²) in [5.41, 5.74) is -2.36. The van der Waals surface area contributed by atoms with Crippen LogP contribution in [-0.4, -0.2) is 11.1 Å². The molecule has 0 spiro atoms. The number of carboxylic acids is 1. The molecule has 1 N–H and O–H groups in total. The molecule has 0 saturated heterocycles. The molecular weight excluding hydrogens is 319 g/mol. The van der Waals surface area contributed by atoms with Crippen LogP contribution in [0.15, 0.2) is 10.5 Å². The average Bonchev–Trinajstić information content (AvgIpc) is 2.09. The number of rotatable bonds is 1. The lowest BCUT2D eigenvalue weighted by molar-refractivity contribution is -0.137. The van der Waals surface area contributed by atoms with Gasteiger partial charge in [-0.3, -0.25) is 0 Å². The summed E-state index contributed by atoms with van der Waals surface area (Å²) in [4.78, 5) is 10.5. The number of alkyl halides is 3. The second-order valence-electron chi connectivity index (χ2n) is 2.71. The molecule has 1 aromatic carbocycles. The highest BCUT2D eigenvalue weighted by molar-refractivity contribution is 9.10. The molecule has 1 rings (SSSR count). The molecule has 0 aromatic heterocycles. The number of benzene rings is 1. The molecule has 0 amide bonds. The molecule has 8 heteroatoms. The number of halogens is 6. The van der Waals surface area contributed by atoms with E-state index in [9.17, 15) is 22.4 Å². The van der Waals surface area contributed by atoms with Gasteiger partial charge in [0.05, 0.1) is 10.6 Å². The topological polar surface area (TPSA) is 37.3 Å². The second-order valence-corrected chi connectivity index (χ2v) is 3.94. The summed E-state index contributed by atoms with van der Waals surface area (Å²) in [6.45, 7) is 0. The van der Waals surface area contributed by atoms with Gasteiger partial charge in [-0.05, 0) is 22.0 Å². The zero-order valence-electron chi connectivity index (χ0n) is 7.20. The van der Waals surface area contributed by atoms with Crippen LogP contribution in [0.2, 0.25) is 5.02 Å². The molecule has 16 heavy (non-hydrogen) atoms. The molecule has 0 atom stereocenters. The van der Waals surface area contributed by atoms with Crippen molar-refractivity contribution < 1.29 is 27.5 Å². The minimum atomic E-state index is -4.85. The van der Waals surface area contributed by atoms with Crippen LogP contribution in [0.4, 0.5) is 17.6 Å². The molecule has 0 fully saturated rings. The summed E-state index contributed by atoms with van der Waals surface area (Å²) < 4.78 is 49.7. The second kappa shape index (κ2) is 4.21. The van der Waals surface area contributed by atoms with Gasteiger partial charge >= 0.3 is 12.1 Å². The van der Waals surface area contributed by atoms with E-state index in [4.69, 9.17) is 16.7 Å². The van der Waals surface area contributed by atoms with Crippen LogP contribution in [0.1, 0.15) is 15.9 Å². The Hall–Kier alpha value is -0.820. The maximum Gasteiger partial charge on any atom is 0.417 e. The zero-order valence-corrected chi connectivity index (χ0v) is 9.54. The van der Waals surface area contributed by atoms with Crippen molar-refractivity contribution in [3.05, 3.63) is 32.5 Å². The Balaban J connectivity index is 3.58. The Morgan fingerprint density at radius 2 is 1.94 bits per heavy atom. The molecule has 0 unspecified atom stereocenters. The first-order valence-electron chi connectivity index (χ1n) is 3.64. The summed E-state index contributed by atoms with van der Waals surface area (Å²) >= 11 is 7.67. The van der Waals surface area contributed by atoms with Crippen molar-refractivity contribution in [3.8, 4) is 0 Å². The van der Waals surface area contributed by atoms with Crippen molar-refractivity contribution in [2.75, 3.05) is 0 Å². The molecule has 0 radical (unpaired) electrons. The van der Waals surface area contributed by atoms with E-state index in [1.54, 1.807) is 0 Å². The van der Waals surface area contributed by atoms with Crippen molar-refractivity contribution >= 4 is 33.5 Å². The number of aromatic carboxylic acids is 1. The van der Waals surface area contributed by atoms with Crippen LogP contribution >= 0.6 is 27.5 Å². The lowest BCUT2D eigenvalue weighted by atomic mass is 10.1. The fourth-order valence-electron chi connectivity index (χ4n) is 0.997. The minimum Gasteiger partial charge on any atom is -0.478 e. The number of carbonyl (C=O) groups is 1. The maximum atomic E-state index is 13.3. The van der Waals surface area contributed by atoms with Gasteiger partial charge in [-0.25, -0.2) is 9.18 Å². The van der Waals surface area contributed by atoms with Crippen molar-refractivity contribution in [3.63, 3.8) is 0 Å². The largest absolute Gasteiger partial charge is 0.478 e. The average molecular weight is 321 g/mol. The molecular formula is C8H2BrClF4O2. The summed E-state index contributed by atoms with van der Waals surface area (Å²) in [6.07, 6.45) is -4.85. The summed E-state index contributed by atoms with van der Waals surface area (Å²) in [5.74, 6) is -3.32.